The summed E-state index contributed by atoms with van der Waals surface area (Å²) >= 11 is 0. The average molecular weight is 222 g/mol. The Labute approximate surface area is 95.4 Å². The van der Waals surface area contributed by atoms with E-state index < -0.39 is 0 Å². The smallest absolute Gasteiger partial charge is 0.187 e. The third-order valence-electron chi connectivity index (χ3n) is 3.48. The van der Waals surface area contributed by atoms with Crippen LogP contribution in [0.2, 0.25) is 0 Å². The van der Waals surface area contributed by atoms with Crippen LogP contribution in [0.5, 0.6) is 0 Å². The number of hydrogen-bond donors (Lipinski definition) is 1. The number of nitrogens with zero attached hydrogens (tertiary/aromatic N) is 1. The minimum atomic E-state index is 0.133. The molecular weight excluding hydrogens is 204 g/mol. The summed E-state index contributed by atoms with van der Waals surface area (Å²) in [5.41, 5.74) is 0.521. The lowest BCUT2D eigenvalue weighted by atomic mass is 9.82. The van der Waals surface area contributed by atoms with Gasteiger partial charge in [0.25, 0.3) is 0 Å². The molecule has 88 valence electrons. The Balaban J connectivity index is 2.00. The molecule has 2 rings (SSSR count). The summed E-state index contributed by atoms with van der Waals surface area (Å²) < 4.78 is 5.07. The van der Waals surface area contributed by atoms with Gasteiger partial charge in [-0.1, -0.05) is 0 Å². The highest BCUT2D eigenvalue weighted by Crippen LogP contribution is 2.27. The van der Waals surface area contributed by atoms with Crippen molar-refractivity contribution in [3.63, 3.8) is 0 Å². The number of rotatable bonds is 3. The average Bonchev–Trinajstić information content (AvgIpc) is 2.75. The lowest BCUT2D eigenvalue weighted by molar-refractivity contribution is 0.0874. The fourth-order valence-corrected chi connectivity index (χ4v) is 2.38. The Morgan fingerprint density at radius 3 is 2.62 bits per heavy atom. The molecule has 1 fully saturated rings. The van der Waals surface area contributed by atoms with Gasteiger partial charge in [0.2, 0.25) is 0 Å². The zero-order chi connectivity index (χ0) is 11.5. The topological polar surface area (TPSA) is 55.1 Å². The molecular formula is C12H18N2O2. The maximum Gasteiger partial charge on any atom is 0.187 e. The molecule has 1 N–H and O–H groups in total. The number of carbonyl (C=O) groups is 1. The van der Waals surface area contributed by atoms with Gasteiger partial charge in [0.1, 0.15) is 11.5 Å². The number of oxazole rings is 1. The van der Waals surface area contributed by atoms with Crippen LogP contribution >= 0.6 is 0 Å². The van der Waals surface area contributed by atoms with E-state index in [1.54, 1.807) is 6.92 Å². The number of nitrogens with one attached hydrogen (secondary N) is 1. The monoisotopic (exact) mass is 222 g/mol. The van der Waals surface area contributed by atoms with Crippen LogP contribution in [0.25, 0.3) is 0 Å². The number of aryl methyl sites for hydroxylation is 1. The molecule has 1 aliphatic rings. The summed E-state index contributed by atoms with van der Waals surface area (Å²) in [6.45, 7) is 1.79. The van der Waals surface area contributed by atoms with Crippen molar-refractivity contribution in [3.8, 4) is 0 Å². The van der Waals surface area contributed by atoms with Crippen LogP contribution in [0.4, 0.5) is 0 Å². The third-order valence-corrected chi connectivity index (χ3v) is 3.48. The Morgan fingerprint density at radius 2 is 2.12 bits per heavy atom. The highest BCUT2D eigenvalue weighted by atomic mass is 16.3. The molecule has 0 spiro atoms. The molecule has 16 heavy (non-hydrogen) atoms. The predicted molar refractivity (Wildman–Crippen MR) is 60.4 cm³/mol. The van der Waals surface area contributed by atoms with Crippen molar-refractivity contribution >= 4 is 5.78 Å². The van der Waals surface area contributed by atoms with Crippen molar-refractivity contribution in [3.05, 3.63) is 17.8 Å². The van der Waals surface area contributed by atoms with E-state index in [0.29, 0.717) is 17.5 Å². The first-order valence-corrected chi connectivity index (χ1v) is 5.84. The zero-order valence-electron chi connectivity index (χ0n) is 9.82. The molecule has 0 saturated heterocycles. The van der Waals surface area contributed by atoms with Crippen LogP contribution in [-0.2, 0) is 0 Å². The van der Waals surface area contributed by atoms with Gasteiger partial charge in [0.05, 0.1) is 0 Å². The lowest BCUT2D eigenvalue weighted by Crippen LogP contribution is -2.32. The van der Waals surface area contributed by atoms with E-state index in [-0.39, 0.29) is 11.7 Å². The second kappa shape index (κ2) is 4.78. The summed E-state index contributed by atoms with van der Waals surface area (Å²) in [6, 6.07) is 0.572. The second-order valence-corrected chi connectivity index (χ2v) is 4.46. The molecule has 0 unspecified atom stereocenters. The van der Waals surface area contributed by atoms with Crippen molar-refractivity contribution in [2.24, 2.45) is 5.92 Å². The highest BCUT2D eigenvalue weighted by Gasteiger charge is 2.28. The van der Waals surface area contributed by atoms with Gasteiger partial charge < -0.3 is 9.73 Å². The SMILES string of the molecule is CNC1CCC(C(=O)c2ncoc2C)CC1. The number of carbonyl (C=O) groups excluding carboxylic acids is 1. The standard InChI is InChI=1S/C12H18N2O2/c1-8-11(14-7-16-8)12(15)9-3-5-10(13-2)6-4-9/h7,9-10,13H,3-6H2,1-2H3. The Kier molecular flexibility index (Phi) is 3.39. The Bertz CT molecular complexity index is 365. The lowest BCUT2D eigenvalue weighted by Gasteiger charge is -2.26. The number of hydrogen-bond acceptors (Lipinski definition) is 4. The van der Waals surface area contributed by atoms with Crippen molar-refractivity contribution in [2.75, 3.05) is 7.05 Å². The number of Topliss-reactive ketones (excluding diaryl/α,β-unsaturated/α-hetero) is 1. The van der Waals surface area contributed by atoms with Gasteiger partial charge >= 0.3 is 0 Å². The zero-order valence-corrected chi connectivity index (χ0v) is 9.82. The van der Waals surface area contributed by atoms with Gasteiger partial charge in [0, 0.05) is 12.0 Å². The normalized spacial score (nSPS) is 25.6. The van der Waals surface area contributed by atoms with Gasteiger partial charge in [0.15, 0.2) is 12.2 Å². The van der Waals surface area contributed by atoms with Gasteiger partial charge in [-0.15, -0.1) is 0 Å². The molecule has 0 bridgehead atoms. The van der Waals surface area contributed by atoms with Crippen LogP contribution in [0.1, 0.15) is 41.9 Å². The number of aromatic nitrogens is 1. The van der Waals surface area contributed by atoms with E-state index in [4.69, 9.17) is 4.42 Å². The molecule has 0 amide bonds. The van der Waals surface area contributed by atoms with Crippen LogP contribution in [0.3, 0.4) is 0 Å². The summed E-state index contributed by atoms with van der Waals surface area (Å²) in [5.74, 6) is 0.926. The first-order valence-electron chi connectivity index (χ1n) is 5.84. The summed E-state index contributed by atoms with van der Waals surface area (Å²) in [4.78, 5) is 16.1. The first kappa shape index (κ1) is 11.3. The molecule has 0 atom stereocenters. The largest absolute Gasteiger partial charge is 0.448 e. The minimum absolute atomic E-state index is 0.133. The van der Waals surface area contributed by atoms with E-state index in [1.165, 1.54) is 6.39 Å². The third kappa shape index (κ3) is 2.16. The maximum atomic E-state index is 12.1. The minimum Gasteiger partial charge on any atom is -0.448 e. The van der Waals surface area contributed by atoms with Gasteiger partial charge in [-0.2, -0.15) is 0 Å². The molecule has 4 nitrogen and oxygen atoms in total. The molecule has 1 heterocycles. The molecule has 1 aliphatic carbocycles. The van der Waals surface area contributed by atoms with Crippen molar-refractivity contribution < 1.29 is 9.21 Å². The summed E-state index contributed by atoms with van der Waals surface area (Å²) in [5, 5.41) is 3.26. The first-order chi connectivity index (χ1) is 7.72. The molecule has 1 saturated carbocycles. The van der Waals surface area contributed by atoms with Gasteiger partial charge in [-0.05, 0) is 39.7 Å². The molecule has 1 aromatic heterocycles. The molecule has 0 radical (unpaired) electrons. The fraction of sp³-hybridized carbons (Fsp3) is 0.667. The molecule has 4 heteroatoms. The van der Waals surface area contributed by atoms with Crippen LogP contribution in [0.15, 0.2) is 10.8 Å². The van der Waals surface area contributed by atoms with Gasteiger partial charge in [-0.3, -0.25) is 4.79 Å². The second-order valence-electron chi connectivity index (χ2n) is 4.46. The summed E-state index contributed by atoms with van der Waals surface area (Å²) in [6.07, 6.45) is 5.41. The van der Waals surface area contributed by atoms with E-state index in [0.717, 1.165) is 25.7 Å². The van der Waals surface area contributed by atoms with E-state index >= 15 is 0 Å². The van der Waals surface area contributed by atoms with Crippen molar-refractivity contribution in [2.45, 2.75) is 38.6 Å². The Hall–Kier alpha value is -1.16. The summed E-state index contributed by atoms with van der Waals surface area (Å²) in [7, 11) is 1.98. The van der Waals surface area contributed by atoms with Crippen molar-refractivity contribution in [1.82, 2.24) is 10.3 Å². The number of ketones is 1. The molecule has 0 aliphatic heterocycles. The van der Waals surface area contributed by atoms with Gasteiger partial charge in [-0.25, -0.2) is 4.98 Å². The fourth-order valence-electron chi connectivity index (χ4n) is 2.38. The van der Waals surface area contributed by atoms with E-state index in [1.807, 2.05) is 7.05 Å². The van der Waals surface area contributed by atoms with Crippen LogP contribution in [0, 0.1) is 12.8 Å². The molecule has 1 aromatic rings. The molecule has 0 aromatic carbocycles. The predicted octanol–water partition coefficient (Wildman–Crippen LogP) is 1.94. The van der Waals surface area contributed by atoms with E-state index in [9.17, 15) is 4.79 Å². The van der Waals surface area contributed by atoms with E-state index in [2.05, 4.69) is 10.3 Å². The Morgan fingerprint density at radius 1 is 1.44 bits per heavy atom. The van der Waals surface area contributed by atoms with Crippen LogP contribution in [-0.4, -0.2) is 23.9 Å². The van der Waals surface area contributed by atoms with Crippen molar-refractivity contribution in [1.29, 1.82) is 0 Å². The quantitative estimate of drug-likeness (QED) is 0.794. The maximum absolute atomic E-state index is 12.1. The highest BCUT2D eigenvalue weighted by molar-refractivity contribution is 5.96. The van der Waals surface area contributed by atoms with Crippen LogP contribution < -0.4 is 5.32 Å².